The van der Waals surface area contributed by atoms with E-state index in [1.54, 1.807) is 0 Å². The van der Waals surface area contributed by atoms with Crippen LogP contribution in [-0.4, -0.2) is 48.5 Å². The molecule has 1 N–H and O–H groups in total. The summed E-state index contributed by atoms with van der Waals surface area (Å²) in [6, 6.07) is 0.430. The number of hydrogen-bond acceptors (Lipinski definition) is 3. The van der Waals surface area contributed by atoms with E-state index in [2.05, 4.69) is 18.5 Å². The Kier molecular flexibility index (Phi) is 5.47. The van der Waals surface area contributed by atoms with Crippen LogP contribution in [-0.2, 0) is 4.79 Å². The van der Waals surface area contributed by atoms with Crippen molar-refractivity contribution in [1.29, 1.82) is 0 Å². The lowest BCUT2D eigenvalue weighted by atomic mass is 10.1. The smallest absolute Gasteiger partial charge is 0.239 e. The van der Waals surface area contributed by atoms with Crippen LogP contribution in [0.25, 0.3) is 0 Å². The van der Waals surface area contributed by atoms with E-state index in [-0.39, 0.29) is 11.9 Å². The summed E-state index contributed by atoms with van der Waals surface area (Å²) in [4.78, 5) is 13.9. The molecule has 1 unspecified atom stereocenters. The van der Waals surface area contributed by atoms with Gasteiger partial charge in [-0.15, -0.1) is 0 Å². The summed E-state index contributed by atoms with van der Waals surface area (Å²) >= 11 is 1.84. The van der Waals surface area contributed by atoms with Crippen LogP contribution in [0.4, 0.5) is 0 Å². The zero-order chi connectivity index (χ0) is 11.3. The number of carbonyl (C=O) groups excluding carboxylic acids is 1. The Morgan fingerprint density at radius 1 is 1.67 bits per heavy atom. The summed E-state index contributed by atoms with van der Waals surface area (Å²) in [6.07, 6.45) is 5.31. The number of likely N-dealkylation sites (N-methyl/N-ethyl adjacent to an activating group) is 1. The first-order valence-corrected chi connectivity index (χ1v) is 7.05. The van der Waals surface area contributed by atoms with Crippen LogP contribution in [0.5, 0.6) is 0 Å². The summed E-state index contributed by atoms with van der Waals surface area (Å²) in [7, 11) is 1.92. The van der Waals surface area contributed by atoms with Gasteiger partial charge in [0, 0.05) is 13.1 Å². The maximum atomic E-state index is 12.0. The van der Waals surface area contributed by atoms with Gasteiger partial charge < -0.3 is 10.2 Å². The third-order valence-electron chi connectivity index (χ3n) is 3.11. The zero-order valence-electron chi connectivity index (χ0n) is 9.95. The number of thioether (sulfide) groups is 1. The van der Waals surface area contributed by atoms with Gasteiger partial charge in [0.05, 0.1) is 6.04 Å². The van der Waals surface area contributed by atoms with E-state index in [0.717, 1.165) is 31.6 Å². The fourth-order valence-corrected chi connectivity index (χ4v) is 2.42. The van der Waals surface area contributed by atoms with Crippen LogP contribution in [0.1, 0.15) is 26.2 Å². The van der Waals surface area contributed by atoms with Crippen LogP contribution in [0.2, 0.25) is 0 Å². The van der Waals surface area contributed by atoms with Crippen molar-refractivity contribution in [3.05, 3.63) is 0 Å². The summed E-state index contributed by atoms with van der Waals surface area (Å²) in [5.74, 6) is 1.39. The lowest BCUT2D eigenvalue weighted by Crippen LogP contribution is -2.45. The first kappa shape index (κ1) is 12.8. The second-order valence-electron chi connectivity index (χ2n) is 4.23. The number of nitrogens with one attached hydrogen (secondary N) is 1. The molecule has 0 radical (unpaired) electrons. The van der Waals surface area contributed by atoms with Crippen LogP contribution < -0.4 is 5.32 Å². The minimum absolute atomic E-state index is 0.0757. The van der Waals surface area contributed by atoms with Gasteiger partial charge in [-0.1, -0.05) is 0 Å². The summed E-state index contributed by atoms with van der Waals surface area (Å²) in [5.41, 5.74) is 0. The Hall–Kier alpha value is -0.220. The normalized spacial score (nSPS) is 22.7. The molecule has 2 atom stereocenters. The molecule has 0 aliphatic carbocycles. The predicted molar refractivity (Wildman–Crippen MR) is 66.3 cm³/mol. The molecule has 0 aromatic heterocycles. The van der Waals surface area contributed by atoms with Crippen molar-refractivity contribution in [1.82, 2.24) is 10.2 Å². The maximum Gasteiger partial charge on any atom is 0.239 e. The fraction of sp³-hybridized carbons (Fsp3) is 0.909. The summed E-state index contributed by atoms with van der Waals surface area (Å²) in [5, 5.41) is 3.25. The molecule has 1 rings (SSSR count). The van der Waals surface area contributed by atoms with E-state index >= 15 is 0 Å². The molecular weight excluding hydrogens is 208 g/mol. The molecule has 0 saturated carbocycles. The van der Waals surface area contributed by atoms with E-state index in [1.165, 1.54) is 0 Å². The lowest BCUT2D eigenvalue weighted by molar-refractivity contribution is -0.133. The van der Waals surface area contributed by atoms with Crippen molar-refractivity contribution in [2.24, 2.45) is 0 Å². The van der Waals surface area contributed by atoms with Gasteiger partial charge in [0.25, 0.3) is 0 Å². The molecular formula is C11H22N2OS. The minimum Gasteiger partial charge on any atom is -0.342 e. The van der Waals surface area contributed by atoms with Crippen LogP contribution in [0.3, 0.4) is 0 Å². The standard InChI is InChI=1S/C11H22N2OS/c1-9(6-8-15-3)13(2)11(14)10-5-4-7-12-10/h9-10,12H,4-8H2,1-3H3/t9?,10-/m1/s1. The Morgan fingerprint density at radius 2 is 2.40 bits per heavy atom. The Bertz CT molecular complexity index is 205. The molecule has 3 nitrogen and oxygen atoms in total. The second kappa shape index (κ2) is 6.38. The molecule has 0 aromatic rings. The first-order chi connectivity index (χ1) is 7.16. The minimum atomic E-state index is 0.0757. The SMILES string of the molecule is CSCCC(C)N(C)C(=O)[C@H]1CCCN1. The average molecular weight is 230 g/mol. The van der Waals surface area contributed by atoms with Gasteiger partial charge in [0.15, 0.2) is 0 Å². The van der Waals surface area contributed by atoms with Crippen LogP contribution >= 0.6 is 11.8 Å². The molecule has 15 heavy (non-hydrogen) atoms. The number of rotatable bonds is 5. The average Bonchev–Trinajstić information content (AvgIpc) is 2.77. The lowest BCUT2D eigenvalue weighted by Gasteiger charge is -2.27. The van der Waals surface area contributed by atoms with Gasteiger partial charge in [0.2, 0.25) is 5.91 Å². The van der Waals surface area contributed by atoms with Gasteiger partial charge in [-0.05, 0) is 44.7 Å². The van der Waals surface area contributed by atoms with Gasteiger partial charge in [-0.3, -0.25) is 4.79 Å². The maximum absolute atomic E-state index is 12.0. The number of nitrogens with zero attached hydrogens (tertiary/aromatic N) is 1. The third-order valence-corrected chi connectivity index (χ3v) is 3.75. The molecule has 4 heteroatoms. The van der Waals surface area contributed by atoms with Crippen molar-refractivity contribution < 1.29 is 4.79 Å². The zero-order valence-corrected chi connectivity index (χ0v) is 10.8. The van der Waals surface area contributed by atoms with Crippen molar-refractivity contribution in [2.45, 2.75) is 38.3 Å². The van der Waals surface area contributed by atoms with Crippen molar-refractivity contribution in [3.8, 4) is 0 Å². The molecule has 1 heterocycles. The Morgan fingerprint density at radius 3 is 2.93 bits per heavy atom. The van der Waals surface area contributed by atoms with Crippen molar-refractivity contribution in [2.75, 3.05) is 25.6 Å². The molecule has 0 spiro atoms. The van der Waals surface area contributed by atoms with E-state index < -0.39 is 0 Å². The largest absolute Gasteiger partial charge is 0.342 e. The fourth-order valence-electron chi connectivity index (χ4n) is 1.84. The quantitative estimate of drug-likeness (QED) is 0.773. The van der Waals surface area contributed by atoms with Crippen molar-refractivity contribution in [3.63, 3.8) is 0 Å². The van der Waals surface area contributed by atoms with E-state index in [9.17, 15) is 4.79 Å². The molecule has 0 aromatic carbocycles. The highest BCUT2D eigenvalue weighted by molar-refractivity contribution is 7.98. The van der Waals surface area contributed by atoms with Gasteiger partial charge in [-0.2, -0.15) is 11.8 Å². The highest BCUT2D eigenvalue weighted by atomic mass is 32.2. The molecule has 1 amide bonds. The Balaban J connectivity index is 2.36. The molecule has 1 aliphatic rings. The topological polar surface area (TPSA) is 32.3 Å². The number of amides is 1. The monoisotopic (exact) mass is 230 g/mol. The highest BCUT2D eigenvalue weighted by Gasteiger charge is 2.26. The van der Waals surface area contributed by atoms with Crippen LogP contribution in [0.15, 0.2) is 0 Å². The summed E-state index contributed by atoms with van der Waals surface area (Å²) in [6.45, 7) is 3.12. The Labute approximate surface area is 97.0 Å². The second-order valence-corrected chi connectivity index (χ2v) is 5.21. The molecule has 1 fully saturated rings. The van der Waals surface area contributed by atoms with Gasteiger partial charge >= 0.3 is 0 Å². The predicted octanol–water partition coefficient (Wildman–Crippen LogP) is 1.34. The van der Waals surface area contributed by atoms with E-state index in [4.69, 9.17) is 0 Å². The molecule has 88 valence electrons. The number of hydrogen-bond donors (Lipinski definition) is 1. The highest BCUT2D eigenvalue weighted by Crippen LogP contribution is 2.12. The number of carbonyl (C=O) groups is 1. The van der Waals surface area contributed by atoms with Crippen molar-refractivity contribution >= 4 is 17.7 Å². The molecule has 1 saturated heterocycles. The van der Waals surface area contributed by atoms with Gasteiger partial charge in [0.1, 0.15) is 0 Å². The van der Waals surface area contributed by atoms with Crippen LogP contribution in [0, 0.1) is 0 Å². The summed E-state index contributed by atoms with van der Waals surface area (Å²) < 4.78 is 0. The van der Waals surface area contributed by atoms with E-state index in [1.807, 2.05) is 23.7 Å². The van der Waals surface area contributed by atoms with E-state index in [0.29, 0.717) is 6.04 Å². The first-order valence-electron chi connectivity index (χ1n) is 5.65. The van der Waals surface area contributed by atoms with Gasteiger partial charge in [-0.25, -0.2) is 0 Å². The molecule has 0 bridgehead atoms. The third kappa shape index (κ3) is 3.68. The molecule has 1 aliphatic heterocycles.